The number of hydrogen-bond donors (Lipinski definition) is 0. The first-order valence-electron chi connectivity index (χ1n) is 5.83. The molecule has 0 amide bonds. The van der Waals surface area contributed by atoms with Gasteiger partial charge in [0, 0.05) is 11.8 Å². The molecule has 3 rings (SSSR count). The molecule has 3 aliphatic carbocycles. The van der Waals surface area contributed by atoms with Crippen LogP contribution in [0.1, 0.15) is 51.4 Å². The summed E-state index contributed by atoms with van der Waals surface area (Å²) in [6.07, 6.45) is 9.93. The molecule has 3 saturated carbocycles. The van der Waals surface area contributed by atoms with Crippen LogP contribution in [-0.4, -0.2) is 5.78 Å². The van der Waals surface area contributed by atoms with E-state index < -0.39 is 0 Å². The lowest BCUT2D eigenvalue weighted by atomic mass is 9.77. The third kappa shape index (κ3) is 1.16. The number of fused-ring (bicyclic) bond motifs is 1. The van der Waals surface area contributed by atoms with Gasteiger partial charge in [-0.3, -0.25) is 4.79 Å². The molecule has 0 N–H and O–H groups in total. The van der Waals surface area contributed by atoms with E-state index in [-0.39, 0.29) is 5.41 Å². The molecule has 1 spiro atoms. The quantitative estimate of drug-likeness (QED) is 0.557. The molecule has 0 aromatic heterocycles. The van der Waals surface area contributed by atoms with E-state index >= 15 is 0 Å². The number of ketones is 1. The van der Waals surface area contributed by atoms with Gasteiger partial charge >= 0.3 is 0 Å². The zero-order valence-electron chi connectivity index (χ0n) is 8.22. The van der Waals surface area contributed by atoms with Crippen LogP contribution in [0, 0.1) is 17.3 Å². The van der Waals surface area contributed by atoms with E-state index in [1.54, 1.807) is 0 Å². The molecule has 13 heavy (non-hydrogen) atoms. The van der Waals surface area contributed by atoms with Crippen molar-refractivity contribution in [2.75, 3.05) is 0 Å². The lowest BCUT2D eigenvalue weighted by Gasteiger charge is -2.25. The molecule has 0 aromatic rings. The third-order valence-electron chi connectivity index (χ3n) is 4.66. The second-order valence-electron chi connectivity index (χ2n) is 5.41. The van der Waals surface area contributed by atoms with Crippen molar-refractivity contribution in [1.82, 2.24) is 0 Å². The number of carbonyl (C=O) groups is 1. The van der Waals surface area contributed by atoms with E-state index in [1.165, 1.54) is 44.9 Å². The van der Waals surface area contributed by atoms with E-state index in [2.05, 4.69) is 0 Å². The van der Waals surface area contributed by atoms with Gasteiger partial charge in [-0.25, -0.2) is 0 Å². The van der Waals surface area contributed by atoms with E-state index in [9.17, 15) is 4.79 Å². The highest BCUT2D eigenvalue weighted by molar-refractivity contribution is 5.86. The van der Waals surface area contributed by atoms with Crippen molar-refractivity contribution in [2.24, 2.45) is 17.3 Å². The molecule has 0 aliphatic heterocycles. The van der Waals surface area contributed by atoms with Crippen LogP contribution in [0.4, 0.5) is 0 Å². The van der Waals surface area contributed by atoms with Gasteiger partial charge in [-0.05, 0) is 43.9 Å². The van der Waals surface area contributed by atoms with Gasteiger partial charge in [-0.1, -0.05) is 12.8 Å². The molecule has 2 unspecified atom stereocenters. The van der Waals surface area contributed by atoms with Crippen LogP contribution < -0.4 is 0 Å². The van der Waals surface area contributed by atoms with Crippen molar-refractivity contribution in [3.63, 3.8) is 0 Å². The van der Waals surface area contributed by atoms with Gasteiger partial charge in [0.2, 0.25) is 0 Å². The predicted octanol–water partition coefficient (Wildman–Crippen LogP) is 2.94. The summed E-state index contributed by atoms with van der Waals surface area (Å²) < 4.78 is 0. The summed E-state index contributed by atoms with van der Waals surface area (Å²) >= 11 is 0. The second-order valence-corrected chi connectivity index (χ2v) is 5.41. The second kappa shape index (κ2) is 2.59. The number of rotatable bonds is 0. The Labute approximate surface area is 79.9 Å². The highest BCUT2D eigenvalue weighted by atomic mass is 16.1. The Kier molecular flexibility index (Phi) is 1.59. The summed E-state index contributed by atoms with van der Waals surface area (Å²) in [7, 11) is 0. The molecule has 2 atom stereocenters. The van der Waals surface area contributed by atoms with Gasteiger partial charge in [0.1, 0.15) is 5.78 Å². The van der Waals surface area contributed by atoms with Gasteiger partial charge in [0.15, 0.2) is 0 Å². The number of carbonyl (C=O) groups excluding carboxylic acids is 1. The Balaban J connectivity index is 1.82. The van der Waals surface area contributed by atoms with Crippen LogP contribution in [0.2, 0.25) is 0 Å². The van der Waals surface area contributed by atoms with Crippen LogP contribution in [-0.2, 0) is 4.79 Å². The largest absolute Gasteiger partial charge is 0.299 e. The summed E-state index contributed by atoms with van der Waals surface area (Å²) in [4.78, 5) is 12.1. The van der Waals surface area contributed by atoms with Crippen LogP contribution in [0.3, 0.4) is 0 Å². The van der Waals surface area contributed by atoms with Gasteiger partial charge in [-0.2, -0.15) is 0 Å². The first-order valence-corrected chi connectivity index (χ1v) is 5.83. The first-order chi connectivity index (χ1) is 6.30. The Bertz CT molecular complexity index is 238. The SMILES string of the molecule is O=C1CC2CC2CCC12CCCC2. The van der Waals surface area contributed by atoms with Crippen LogP contribution in [0.25, 0.3) is 0 Å². The monoisotopic (exact) mass is 178 g/mol. The fraction of sp³-hybridized carbons (Fsp3) is 0.917. The fourth-order valence-corrected chi connectivity index (χ4v) is 3.55. The lowest BCUT2D eigenvalue weighted by molar-refractivity contribution is -0.128. The van der Waals surface area contributed by atoms with Crippen molar-refractivity contribution in [3.8, 4) is 0 Å². The number of Topliss-reactive ketones (excluding diaryl/α,β-unsaturated/α-hetero) is 1. The van der Waals surface area contributed by atoms with E-state index in [4.69, 9.17) is 0 Å². The first kappa shape index (κ1) is 8.02. The molecule has 0 saturated heterocycles. The van der Waals surface area contributed by atoms with E-state index in [1.807, 2.05) is 0 Å². The van der Waals surface area contributed by atoms with Crippen LogP contribution in [0.5, 0.6) is 0 Å². The van der Waals surface area contributed by atoms with E-state index in [0.29, 0.717) is 5.78 Å². The summed E-state index contributed by atoms with van der Waals surface area (Å²) in [5, 5.41) is 0. The van der Waals surface area contributed by atoms with Crippen LogP contribution >= 0.6 is 0 Å². The highest BCUT2D eigenvalue weighted by Crippen LogP contribution is 2.55. The maximum absolute atomic E-state index is 12.1. The predicted molar refractivity (Wildman–Crippen MR) is 51.4 cm³/mol. The van der Waals surface area contributed by atoms with Crippen molar-refractivity contribution in [1.29, 1.82) is 0 Å². The molecule has 3 fully saturated rings. The standard InChI is InChI=1S/C12H18O/c13-11-8-10-7-9(10)3-6-12(11)4-1-2-5-12/h9-10H,1-8H2. The zero-order chi connectivity index (χ0) is 8.89. The smallest absolute Gasteiger partial charge is 0.139 e. The van der Waals surface area contributed by atoms with Crippen molar-refractivity contribution in [2.45, 2.75) is 51.4 Å². The summed E-state index contributed by atoms with van der Waals surface area (Å²) in [6.45, 7) is 0. The van der Waals surface area contributed by atoms with Gasteiger partial charge in [-0.15, -0.1) is 0 Å². The van der Waals surface area contributed by atoms with Crippen molar-refractivity contribution in [3.05, 3.63) is 0 Å². The molecular formula is C12H18O. The van der Waals surface area contributed by atoms with Gasteiger partial charge in [0.25, 0.3) is 0 Å². The number of hydrogen-bond acceptors (Lipinski definition) is 1. The molecule has 72 valence electrons. The molecular weight excluding hydrogens is 160 g/mol. The Morgan fingerprint density at radius 3 is 2.62 bits per heavy atom. The topological polar surface area (TPSA) is 17.1 Å². The molecule has 0 heterocycles. The molecule has 0 bridgehead atoms. The fourth-order valence-electron chi connectivity index (χ4n) is 3.55. The molecule has 1 heteroatoms. The average molecular weight is 178 g/mol. The normalized spacial score (nSPS) is 41.7. The summed E-state index contributed by atoms with van der Waals surface area (Å²) in [5.41, 5.74) is 0.188. The minimum atomic E-state index is 0.188. The van der Waals surface area contributed by atoms with Gasteiger partial charge in [0.05, 0.1) is 0 Å². The Morgan fingerprint density at radius 1 is 1.08 bits per heavy atom. The maximum Gasteiger partial charge on any atom is 0.139 e. The lowest BCUT2D eigenvalue weighted by Crippen LogP contribution is -2.27. The Morgan fingerprint density at radius 2 is 1.85 bits per heavy atom. The Hall–Kier alpha value is -0.330. The molecule has 0 aromatic carbocycles. The summed E-state index contributed by atoms with van der Waals surface area (Å²) in [5.74, 6) is 2.39. The minimum Gasteiger partial charge on any atom is -0.299 e. The average Bonchev–Trinajstić information content (AvgIpc) is 2.70. The van der Waals surface area contributed by atoms with Gasteiger partial charge < -0.3 is 0 Å². The molecule has 0 radical (unpaired) electrons. The zero-order valence-corrected chi connectivity index (χ0v) is 8.22. The highest BCUT2D eigenvalue weighted by Gasteiger charge is 2.49. The van der Waals surface area contributed by atoms with E-state index in [0.717, 1.165) is 18.3 Å². The van der Waals surface area contributed by atoms with Crippen molar-refractivity contribution >= 4 is 5.78 Å². The third-order valence-corrected chi connectivity index (χ3v) is 4.66. The summed E-state index contributed by atoms with van der Waals surface area (Å²) in [6, 6.07) is 0. The van der Waals surface area contributed by atoms with Crippen LogP contribution in [0.15, 0.2) is 0 Å². The van der Waals surface area contributed by atoms with Crippen molar-refractivity contribution < 1.29 is 4.79 Å². The molecule has 3 aliphatic rings. The minimum absolute atomic E-state index is 0.188. The molecule has 1 nitrogen and oxygen atoms in total. The maximum atomic E-state index is 12.1.